The van der Waals surface area contributed by atoms with Crippen molar-refractivity contribution in [3.63, 3.8) is 0 Å². The van der Waals surface area contributed by atoms with Gasteiger partial charge >= 0.3 is 6.03 Å². The van der Waals surface area contributed by atoms with Crippen molar-refractivity contribution in [3.05, 3.63) is 70.8 Å². The van der Waals surface area contributed by atoms with Crippen LogP contribution in [-0.2, 0) is 15.1 Å². The molecule has 6 heteroatoms. The normalized spacial score (nSPS) is 21.7. The molecule has 2 aliphatic rings. The lowest BCUT2D eigenvalue weighted by Crippen LogP contribution is -2.46. The van der Waals surface area contributed by atoms with Gasteiger partial charge in [-0.25, -0.2) is 4.79 Å². The predicted octanol–water partition coefficient (Wildman–Crippen LogP) is 3.50. The summed E-state index contributed by atoms with van der Waals surface area (Å²) < 4.78 is 0. The molecule has 1 N–H and O–H groups in total. The number of carbonyl (C=O) groups is 3. The molecule has 0 bridgehead atoms. The van der Waals surface area contributed by atoms with Gasteiger partial charge in [-0.05, 0) is 48.9 Å². The van der Waals surface area contributed by atoms with Crippen LogP contribution < -0.4 is 5.32 Å². The second-order valence-electron chi connectivity index (χ2n) is 8.53. The SMILES string of the molecule is Cc1ccc([C@]2(c3ccccc3)NC(=O)N(CC(=O)N3CCCCCC3)C2=O)cc1C. The summed E-state index contributed by atoms with van der Waals surface area (Å²) in [6.45, 7) is 5.13. The maximum Gasteiger partial charge on any atom is 0.326 e. The molecular weight excluding hydrogens is 390 g/mol. The minimum Gasteiger partial charge on any atom is -0.341 e. The standard InChI is InChI=1S/C25H29N3O3/c1-18-12-13-21(16-19(18)2)25(20-10-6-5-7-11-20)23(30)28(24(31)26-25)17-22(29)27-14-8-3-4-9-15-27/h5-7,10-13,16H,3-4,8-9,14-15,17H2,1-2H3,(H,26,31)/t25-/m0/s1. The summed E-state index contributed by atoms with van der Waals surface area (Å²) in [4.78, 5) is 42.6. The summed E-state index contributed by atoms with van der Waals surface area (Å²) in [6, 6.07) is 14.5. The molecule has 2 aromatic carbocycles. The molecule has 6 nitrogen and oxygen atoms in total. The first kappa shape index (κ1) is 21.1. The Morgan fingerprint density at radius 1 is 0.903 bits per heavy atom. The number of rotatable bonds is 4. The van der Waals surface area contributed by atoms with Crippen LogP contribution in [0.3, 0.4) is 0 Å². The third kappa shape index (κ3) is 3.82. The number of likely N-dealkylation sites (tertiary alicyclic amines) is 1. The fourth-order valence-corrected chi connectivity index (χ4v) is 4.50. The van der Waals surface area contributed by atoms with E-state index in [1.807, 2.05) is 62.4 Å². The average Bonchev–Trinajstić information content (AvgIpc) is 2.96. The van der Waals surface area contributed by atoms with E-state index in [0.29, 0.717) is 24.2 Å². The van der Waals surface area contributed by atoms with Crippen LogP contribution in [0.1, 0.15) is 47.9 Å². The molecule has 0 spiro atoms. The van der Waals surface area contributed by atoms with Gasteiger partial charge in [0.25, 0.3) is 5.91 Å². The molecule has 0 radical (unpaired) electrons. The number of imide groups is 1. The number of carbonyl (C=O) groups excluding carboxylic acids is 3. The third-order valence-corrected chi connectivity index (χ3v) is 6.50. The van der Waals surface area contributed by atoms with Gasteiger partial charge in [0.15, 0.2) is 5.54 Å². The van der Waals surface area contributed by atoms with Gasteiger partial charge < -0.3 is 10.2 Å². The molecule has 0 aromatic heterocycles. The lowest BCUT2D eigenvalue weighted by molar-refractivity contribution is -0.138. The zero-order chi connectivity index (χ0) is 22.0. The van der Waals surface area contributed by atoms with Gasteiger partial charge in [0.2, 0.25) is 5.91 Å². The number of nitrogens with one attached hydrogen (secondary N) is 1. The van der Waals surface area contributed by atoms with E-state index in [1.165, 1.54) is 0 Å². The van der Waals surface area contributed by atoms with Crippen molar-refractivity contribution in [3.8, 4) is 0 Å². The van der Waals surface area contributed by atoms with Gasteiger partial charge in [-0.2, -0.15) is 0 Å². The number of hydrogen-bond acceptors (Lipinski definition) is 3. The number of aryl methyl sites for hydroxylation is 2. The number of benzene rings is 2. The molecule has 31 heavy (non-hydrogen) atoms. The van der Waals surface area contributed by atoms with E-state index in [-0.39, 0.29) is 12.5 Å². The quantitative estimate of drug-likeness (QED) is 0.771. The highest BCUT2D eigenvalue weighted by atomic mass is 16.2. The Morgan fingerprint density at radius 3 is 2.23 bits per heavy atom. The van der Waals surface area contributed by atoms with Crippen molar-refractivity contribution in [1.82, 2.24) is 15.1 Å². The van der Waals surface area contributed by atoms with Gasteiger partial charge in [0.1, 0.15) is 6.54 Å². The highest BCUT2D eigenvalue weighted by Crippen LogP contribution is 2.36. The number of hydrogen-bond donors (Lipinski definition) is 1. The minimum atomic E-state index is -1.34. The summed E-state index contributed by atoms with van der Waals surface area (Å²) >= 11 is 0. The van der Waals surface area contributed by atoms with Crippen molar-refractivity contribution in [2.45, 2.75) is 45.1 Å². The van der Waals surface area contributed by atoms with Crippen molar-refractivity contribution >= 4 is 17.8 Å². The largest absolute Gasteiger partial charge is 0.341 e. The molecule has 0 aliphatic carbocycles. The lowest BCUT2D eigenvalue weighted by Gasteiger charge is -2.29. The Hall–Kier alpha value is -3.15. The van der Waals surface area contributed by atoms with E-state index in [1.54, 1.807) is 4.90 Å². The Kier molecular flexibility index (Phi) is 5.81. The van der Waals surface area contributed by atoms with E-state index in [2.05, 4.69) is 5.32 Å². The van der Waals surface area contributed by atoms with Crippen molar-refractivity contribution in [2.24, 2.45) is 0 Å². The molecule has 4 amide bonds. The van der Waals surface area contributed by atoms with E-state index in [9.17, 15) is 14.4 Å². The first-order chi connectivity index (χ1) is 14.9. The van der Waals surface area contributed by atoms with Crippen LogP contribution in [0, 0.1) is 13.8 Å². The summed E-state index contributed by atoms with van der Waals surface area (Å²) in [6.07, 6.45) is 4.14. The molecule has 2 aromatic rings. The Balaban J connectivity index is 1.70. The summed E-state index contributed by atoms with van der Waals surface area (Å²) in [5.74, 6) is -0.579. The summed E-state index contributed by atoms with van der Waals surface area (Å²) in [7, 11) is 0. The van der Waals surface area contributed by atoms with E-state index in [0.717, 1.165) is 41.7 Å². The first-order valence-electron chi connectivity index (χ1n) is 11.0. The smallest absolute Gasteiger partial charge is 0.326 e. The lowest BCUT2D eigenvalue weighted by atomic mass is 9.81. The predicted molar refractivity (Wildman–Crippen MR) is 118 cm³/mol. The van der Waals surface area contributed by atoms with E-state index in [4.69, 9.17) is 0 Å². The first-order valence-corrected chi connectivity index (χ1v) is 11.0. The Labute approximate surface area is 183 Å². The van der Waals surface area contributed by atoms with Crippen molar-refractivity contribution in [2.75, 3.05) is 19.6 Å². The summed E-state index contributed by atoms with van der Waals surface area (Å²) in [5, 5.41) is 2.93. The summed E-state index contributed by atoms with van der Waals surface area (Å²) in [5.41, 5.74) is 2.19. The molecule has 0 unspecified atom stereocenters. The van der Waals surface area contributed by atoms with Crippen LogP contribution >= 0.6 is 0 Å². The van der Waals surface area contributed by atoms with Gasteiger partial charge in [0.05, 0.1) is 0 Å². The number of nitrogens with zero attached hydrogens (tertiary/aromatic N) is 2. The molecule has 2 heterocycles. The van der Waals surface area contributed by atoms with Gasteiger partial charge in [-0.3, -0.25) is 14.5 Å². The zero-order valence-electron chi connectivity index (χ0n) is 18.2. The highest BCUT2D eigenvalue weighted by molar-refractivity contribution is 6.11. The second kappa shape index (κ2) is 8.53. The Bertz CT molecular complexity index is 996. The maximum atomic E-state index is 13.8. The monoisotopic (exact) mass is 419 g/mol. The van der Waals surface area contributed by atoms with Crippen LogP contribution in [0.4, 0.5) is 4.79 Å². The van der Waals surface area contributed by atoms with Crippen molar-refractivity contribution in [1.29, 1.82) is 0 Å². The van der Waals surface area contributed by atoms with E-state index >= 15 is 0 Å². The fourth-order valence-electron chi connectivity index (χ4n) is 4.50. The highest BCUT2D eigenvalue weighted by Gasteiger charge is 2.54. The van der Waals surface area contributed by atoms with Crippen LogP contribution in [0.2, 0.25) is 0 Å². The Morgan fingerprint density at radius 2 is 1.58 bits per heavy atom. The molecule has 1 atom stereocenters. The van der Waals surface area contributed by atoms with Gasteiger partial charge in [0, 0.05) is 13.1 Å². The molecule has 2 aliphatic heterocycles. The number of urea groups is 1. The number of amides is 4. The van der Waals surface area contributed by atoms with E-state index < -0.39 is 17.5 Å². The van der Waals surface area contributed by atoms with Crippen molar-refractivity contribution < 1.29 is 14.4 Å². The topological polar surface area (TPSA) is 69.7 Å². The second-order valence-corrected chi connectivity index (χ2v) is 8.53. The molecule has 0 saturated carbocycles. The molecular formula is C25H29N3O3. The molecule has 2 fully saturated rings. The zero-order valence-corrected chi connectivity index (χ0v) is 18.2. The fraction of sp³-hybridized carbons (Fsp3) is 0.400. The van der Waals surface area contributed by atoms with Gasteiger partial charge in [-0.1, -0.05) is 61.4 Å². The average molecular weight is 420 g/mol. The molecule has 162 valence electrons. The molecule has 2 saturated heterocycles. The minimum absolute atomic E-state index is 0.172. The molecule has 4 rings (SSSR count). The maximum absolute atomic E-state index is 13.8. The van der Waals surface area contributed by atoms with Crippen LogP contribution in [0.15, 0.2) is 48.5 Å². The van der Waals surface area contributed by atoms with Gasteiger partial charge in [-0.15, -0.1) is 0 Å². The van der Waals surface area contributed by atoms with Crippen LogP contribution in [0.5, 0.6) is 0 Å². The van der Waals surface area contributed by atoms with Crippen LogP contribution in [-0.4, -0.2) is 47.3 Å². The third-order valence-electron chi connectivity index (χ3n) is 6.50. The van der Waals surface area contributed by atoms with Crippen LogP contribution in [0.25, 0.3) is 0 Å².